The molecule has 0 aromatic carbocycles. The topological polar surface area (TPSA) is 96.5 Å². The highest BCUT2D eigenvalue weighted by atomic mass is 32.2. The minimum atomic E-state index is -3.52. The maximum absolute atomic E-state index is 12.6. The number of nitrogen functional groups attached to an aromatic ring is 1. The van der Waals surface area contributed by atoms with E-state index in [4.69, 9.17) is 5.73 Å². The van der Waals surface area contributed by atoms with Crippen LogP contribution < -0.4 is 5.73 Å². The van der Waals surface area contributed by atoms with Crippen molar-refractivity contribution in [3.8, 4) is 0 Å². The summed E-state index contributed by atoms with van der Waals surface area (Å²) < 4.78 is 26.8. The van der Waals surface area contributed by atoms with Crippen LogP contribution >= 0.6 is 11.3 Å². The summed E-state index contributed by atoms with van der Waals surface area (Å²) in [6.45, 7) is 2.57. The summed E-state index contributed by atoms with van der Waals surface area (Å²) >= 11 is 1.01. The molecule has 3 rings (SSSR count). The molecule has 1 saturated carbocycles. The molecule has 0 radical (unpaired) electrons. The number of fused-ring (bicyclic) bond motifs is 1. The van der Waals surface area contributed by atoms with Crippen LogP contribution in [0.3, 0.4) is 0 Å². The van der Waals surface area contributed by atoms with Gasteiger partial charge in [-0.25, -0.2) is 13.4 Å². The first-order valence-corrected chi connectivity index (χ1v) is 8.56. The second kappa shape index (κ2) is 4.41. The van der Waals surface area contributed by atoms with Gasteiger partial charge in [0, 0.05) is 19.0 Å². The molecule has 0 spiro atoms. The number of rotatable bonds is 2. The SMILES string of the molecule is Cc1nc(N)sc1S(=O)(=O)N1CC2CCC(O)C2C1. The third kappa shape index (κ3) is 2.06. The number of aryl methyl sites for hydroxylation is 1. The van der Waals surface area contributed by atoms with Crippen LogP contribution in [0.2, 0.25) is 0 Å². The Balaban J connectivity index is 1.89. The molecule has 1 aromatic heterocycles. The lowest BCUT2D eigenvalue weighted by Gasteiger charge is -2.17. The Bertz CT molecular complexity index is 598. The quantitative estimate of drug-likeness (QED) is 0.825. The van der Waals surface area contributed by atoms with Crippen LogP contribution in [-0.2, 0) is 10.0 Å². The fourth-order valence-corrected chi connectivity index (χ4v) is 6.12. The fourth-order valence-electron chi connectivity index (χ4n) is 3.15. The van der Waals surface area contributed by atoms with Crippen LogP contribution in [-0.4, -0.2) is 42.0 Å². The number of sulfonamides is 1. The molecule has 0 bridgehead atoms. The predicted octanol–water partition coefficient (Wildman–Crippen LogP) is 0.425. The van der Waals surface area contributed by atoms with Crippen molar-refractivity contribution < 1.29 is 13.5 Å². The lowest BCUT2D eigenvalue weighted by atomic mass is 10.00. The highest BCUT2D eigenvalue weighted by molar-refractivity contribution is 7.91. The van der Waals surface area contributed by atoms with Crippen LogP contribution in [0.25, 0.3) is 0 Å². The summed E-state index contributed by atoms with van der Waals surface area (Å²) in [5, 5.41) is 10.1. The largest absolute Gasteiger partial charge is 0.393 e. The average molecular weight is 303 g/mol. The van der Waals surface area contributed by atoms with Gasteiger partial charge >= 0.3 is 0 Å². The first-order chi connectivity index (χ1) is 8.89. The maximum Gasteiger partial charge on any atom is 0.254 e. The van der Waals surface area contributed by atoms with E-state index in [0.717, 1.165) is 24.2 Å². The standard InChI is InChI=1S/C11H17N3O3S2/c1-6-10(18-11(12)13-6)19(16,17)14-4-7-2-3-9(15)8(7)5-14/h7-9,15H,2-5H2,1H3,(H2,12,13). The molecule has 106 valence electrons. The predicted molar refractivity (Wildman–Crippen MR) is 72.2 cm³/mol. The van der Waals surface area contributed by atoms with E-state index in [2.05, 4.69) is 4.98 Å². The van der Waals surface area contributed by atoms with Gasteiger partial charge in [0.25, 0.3) is 10.0 Å². The van der Waals surface area contributed by atoms with E-state index in [1.165, 1.54) is 4.31 Å². The lowest BCUT2D eigenvalue weighted by molar-refractivity contribution is 0.129. The van der Waals surface area contributed by atoms with Crippen molar-refractivity contribution in [3.05, 3.63) is 5.69 Å². The molecule has 1 aliphatic heterocycles. The molecule has 3 unspecified atom stereocenters. The zero-order valence-electron chi connectivity index (χ0n) is 10.6. The van der Waals surface area contributed by atoms with Crippen molar-refractivity contribution in [1.82, 2.24) is 9.29 Å². The Kier molecular flexibility index (Phi) is 3.08. The molecule has 2 heterocycles. The second-order valence-electron chi connectivity index (χ2n) is 5.32. The number of aromatic nitrogens is 1. The zero-order chi connectivity index (χ0) is 13.8. The summed E-state index contributed by atoms with van der Waals surface area (Å²) in [7, 11) is -3.52. The van der Waals surface area contributed by atoms with Gasteiger partial charge in [0.1, 0.15) is 0 Å². The Morgan fingerprint density at radius 3 is 2.74 bits per heavy atom. The highest BCUT2D eigenvalue weighted by Crippen LogP contribution is 2.41. The maximum atomic E-state index is 12.6. The number of anilines is 1. The summed E-state index contributed by atoms with van der Waals surface area (Å²) in [4.78, 5) is 3.98. The zero-order valence-corrected chi connectivity index (χ0v) is 12.2. The summed E-state index contributed by atoms with van der Waals surface area (Å²) in [5.41, 5.74) is 6.03. The molecule has 3 atom stereocenters. The summed E-state index contributed by atoms with van der Waals surface area (Å²) in [6, 6.07) is 0. The van der Waals surface area contributed by atoms with Crippen molar-refractivity contribution >= 4 is 26.5 Å². The molecule has 8 heteroatoms. The average Bonchev–Trinajstić information content (AvgIpc) is 2.96. The summed E-state index contributed by atoms with van der Waals surface area (Å²) in [6.07, 6.45) is 1.33. The van der Waals surface area contributed by atoms with Crippen molar-refractivity contribution in [2.24, 2.45) is 11.8 Å². The lowest BCUT2D eigenvalue weighted by Crippen LogP contribution is -2.31. The van der Waals surface area contributed by atoms with E-state index in [0.29, 0.717) is 18.8 Å². The molecular formula is C11H17N3O3S2. The first-order valence-electron chi connectivity index (χ1n) is 6.30. The summed E-state index contributed by atoms with van der Waals surface area (Å²) in [5.74, 6) is 0.371. The molecule has 2 fully saturated rings. The third-order valence-electron chi connectivity index (χ3n) is 4.13. The Morgan fingerprint density at radius 1 is 1.42 bits per heavy atom. The van der Waals surface area contributed by atoms with E-state index in [1.54, 1.807) is 6.92 Å². The Morgan fingerprint density at radius 2 is 2.16 bits per heavy atom. The van der Waals surface area contributed by atoms with Gasteiger partial charge in [-0.3, -0.25) is 0 Å². The van der Waals surface area contributed by atoms with Crippen molar-refractivity contribution in [3.63, 3.8) is 0 Å². The number of aliphatic hydroxyl groups is 1. The molecule has 3 N–H and O–H groups in total. The van der Waals surface area contributed by atoms with Crippen LogP contribution in [0.5, 0.6) is 0 Å². The van der Waals surface area contributed by atoms with E-state index >= 15 is 0 Å². The van der Waals surface area contributed by atoms with Gasteiger partial charge in [0.15, 0.2) is 9.34 Å². The molecule has 6 nitrogen and oxygen atoms in total. The minimum absolute atomic E-state index is 0.0837. The van der Waals surface area contributed by atoms with Crippen molar-refractivity contribution in [2.75, 3.05) is 18.8 Å². The van der Waals surface area contributed by atoms with E-state index in [1.807, 2.05) is 0 Å². The minimum Gasteiger partial charge on any atom is -0.393 e. The van der Waals surface area contributed by atoms with Gasteiger partial charge in [-0.05, 0) is 25.7 Å². The second-order valence-corrected chi connectivity index (χ2v) is 8.48. The van der Waals surface area contributed by atoms with Crippen LogP contribution in [0.1, 0.15) is 18.5 Å². The molecule has 19 heavy (non-hydrogen) atoms. The van der Waals surface area contributed by atoms with E-state index < -0.39 is 10.0 Å². The van der Waals surface area contributed by atoms with Gasteiger partial charge < -0.3 is 10.8 Å². The number of hydrogen-bond donors (Lipinski definition) is 2. The van der Waals surface area contributed by atoms with Gasteiger partial charge in [-0.2, -0.15) is 4.31 Å². The van der Waals surface area contributed by atoms with Crippen LogP contribution in [0.4, 0.5) is 5.13 Å². The normalized spacial score (nSPS) is 31.8. The van der Waals surface area contributed by atoms with E-state index in [-0.39, 0.29) is 27.3 Å². The molecular weight excluding hydrogens is 286 g/mol. The van der Waals surface area contributed by atoms with Crippen molar-refractivity contribution in [1.29, 1.82) is 0 Å². The first kappa shape index (κ1) is 13.3. The van der Waals surface area contributed by atoms with Gasteiger partial charge in [0.2, 0.25) is 0 Å². The Labute approximate surface area is 116 Å². The molecule has 1 aromatic rings. The fraction of sp³-hybridized carbons (Fsp3) is 0.727. The number of thiazole rings is 1. The number of nitrogens with zero attached hydrogens (tertiary/aromatic N) is 2. The van der Waals surface area contributed by atoms with Gasteiger partial charge in [-0.1, -0.05) is 11.3 Å². The molecule has 0 amide bonds. The molecule has 2 aliphatic rings. The smallest absolute Gasteiger partial charge is 0.254 e. The number of nitrogens with two attached hydrogens (primary N) is 1. The van der Waals surface area contributed by atoms with Crippen LogP contribution in [0, 0.1) is 18.8 Å². The Hall–Kier alpha value is -0.700. The number of hydrogen-bond acceptors (Lipinski definition) is 6. The van der Waals surface area contributed by atoms with Crippen molar-refractivity contribution in [2.45, 2.75) is 30.1 Å². The van der Waals surface area contributed by atoms with Gasteiger partial charge in [-0.15, -0.1) is 0 Å². The third-order valence-corrected chi connectivity index (χ3v) is 7.54. The van der Waals surface area contributed by atoms with Crippen LogP contribution in [0.15, 0.2) is 4.21 Å². The van der Waals surface area contributed by atoms with E-state index in [9.17, 15) is 13.5 Å². The number of aliphatic hydroxyl groups excluding tert-OH is 1. The monoisotopic (exact) mass is 303 g/mol. The molecule has 1 aliphatic carbocycles. The molecule has 1 saturated heterocycles. The highest BCUT2D eigenvalue weighted by Gasteiger charge is 2.46. The van der Waals surface area contributed by atoms with Gasteiger partial charge in [0.05, 0.1) is 11.8 Å².